The highest BCUT2D eigenvalue weighted by atomic mass is 35.5. The van der Waals surface area contributed by atoms with Crippen molar-refractivity contribution < 1.29 is 19.3 Å². The van der Waals surface area contributed by atoms with Gasteiger partial charge in [-0.05, 0) is 45.0 Å². The van der Waals surface area contributed by atoms with Gasteiger partial charge in [0.25, 0.3) is 5.69 Å². The number of likely N-dealkylation sites (N-methyl/N-ethyl adjacent to an activating group) is 1. The van der Waals surface area contributed by atoms with Crippen molar-refractivity contribution in [1.29, 1.82) is 0 Å². The Hall–Kier alpha value is -2.56. The zero-order valence-electron chi connectivity index (χ0n) is 16.1. The molecule has 11 heteroatoms. The van der Waals surface area contributed by atoms with Crippen LogP contribution in [-0.4, -0.2) is 68.7 Å². The van der Waals surface area contributed by atoms with Crippen molar-refractivity contribution in [3.05, 3.63) is 40.3 Å². The lowest BCUT2D eigenvalue weighted by Crippen LogP contribution is -2.36. The number of benzene rings is 1. The van der Waals surface area contributed by atoms with Crippen molar-refractivity contribution in [3.63, 3.8) is 0 Å². The quantitative estimate of drug-likeness (QED) is 0.525. The number of rotatable bonds is 7. The van der Waals surface area contributed by atoms with Crippen LogP contribution in [0.3, 0.4) is 0 Å². The summed E-state index contributed by atoms with van der Waals surface area (Å²) in [5.41, 5.74) is 0.672. The summed E-state index contributed by atoms with van der Waals surface area (Å²) in [5.74, 6) is 0.0812. The first-order valence-electron chi connectivity index (χ1n) is 9.14. The molecule has 0 amide bonds. The normalized spacial score (nSPS) is 17.5. The van der Waals surface area contributed by atoms with E-state index in [9.17, 15) is 14.9 Å². The highest BCUT2D eigenvalue weighted by Crippen LogP contribution is 2.21. The number of nitro groups is 1. The number of halogens is 1. The molecule has 0 spiro atoms. The van der Waals surface area contributed by atoms with Crippen molar-refractivity contribution >= 4 is 24.1 Å². The van der Waals surface area contributed by atoms with Gasteiger partial charge >= 0.3 is 5.97 Å². The predicted octanol–water partition coefficient (Wildman–Crippen LogP) is 2.44. The van der Waals surface area contributed by atoms with E-state index in [2.05, 4.69) is 15.0 Å². The Morgan fingerprint density at radius 2 is 2.07 bits per heavy atom. The maximum atomic E-state index is 10.9. The van der Waals surface area contributed by atoms with E-state index < -0.39 is 10.9 Å². The van der Waals surface area contributed by atoms with Crippen LogP contribution in [0.25, 0.3) is 11.4 Å². The van der Waals surface area contributed by atoms with Gasteiger partial charge in [-0.2, -0.15) is 4.98 Å². The van der Waals surface area contributed by atoms with E-state index in [0.717, 1.165) is 32.4 Å². The van der Waals surface area contributed by atoms with Crippen LogP contribution >= 0.6 is 12.4 Å². The second kappa shape index (κ2) is 10.3. The minimum atomic E-state index is -0.812. The minimum Gasteiger partial charge on any atom is -0.480 e. The maximum absolute atomic E-state index is 10.9. The topological polar surface area (TPSA) is 126 Å². The fourth-order valence-corrected chi connectivity index (χ4v) is 3.44. The molecule has 29 heavy (non-hydrogen) atoms. The number of aromatic nitrogens is 2. The lowest BCUT2D eigenvalue weighted by atomic mass is 10.1. The Morgan fingerprint density at radius 1 is 1.34 bits per heavy atom. The maximum Gasteiger partial charge on any atom is 0.317 e. The SMILES string of the molecule is CN(CC(=O)O)C1CCCN(Cc2nc(-c3ccc([N+](=O)[O-])cc3)no2)CC1.Cl. The molecule has 158 valence electrons. The smallest absolute Gasteiger partial charge is 0.317 e. The third kappa shape index (κ3) is 6.21. The molecule has 1 fully saturated rings. The Balaban J connectivity index is 0.00000300. The van der Waals surface area contributed by atoms with Crippen molar-refractivity contribution in [3.8, 4) is 11.4 Å². The van der Waals surface area contributed by atoms with Crippen molar-refractivity contribution in [1.82, 2.24) is 19.9 Å². The molecule has 1 atom stereocenters. The number of nitro benzene ring substituents is 1. The lowest BCUT2D eigenvalue weighted by Gasteiger charge is -2.25. The van der Waals surface area contributed by atoms with E-state index in [1.54, 1.807) is 12.1 Å². The Kier molecular flexibility index (Phi) is 8.06. The number of hydrogen-bond acceptors (Lipinski definition) is 8. The molecule has 1 unspecified atom stereocenters. The first-order chi connectivity index (χ1) is 13.4. The minimum absolute atomic E-state index is 0. The van der Waals surface area contributed by atoms with Gasteiger partial charge in [0.2, 0.25) is 11.7 Å². The van der Waals surface area contributed by atoms with Gasteiger partial charge in [0.05, 0.1) is 18.0 Å². The van der Waals surface area contributed by atoms with Crippen LogP contribution in [0.4, 0.5) is 5.69 Å². The zero-order valence-corrected chi connectivity index (χ0v) is 16.9. The number of hydrogen-bond donors (Lipinski definition) is 1. The number of non-ortho nitro benzene ring substituents is 1. The first kappa shape index (κ1) is 22.7. The Labute approximate surface area is 174 Å². The van der Waals surface area contributed by atoms with Gasteiger partial charge in [0.1, 0.15) is 0 Å². The molecule has 0 bridgehead atoms. The van der Waals surface area contributed by atoms with Crippen LogP contribution in [0.15, 0.2) is 28.8 Å². The molecule has 1 aliphatic heterocycles. The van der Waals surface area contributed by atoms with E-state index in [1.165, 1.54) is 12.1 Å². The molecule has 2 heterocycles. The molecule has 10 nitrogen and oxygen atoms in total. The number of carbonyl (C=O) groups is 1. The average molecular weight is 426 g/mol. The second-order valence-electron chi connectivity index (χ2n) is 6.99. The fraction of sp³-hybridized carbons (Fsp3) is 0.500. The molecule has 2 aromatic rings. The van der Waals surface area contributed by atoms with Gasteiger partial charge in [-0.3, -0.25) is 24.7 Å². The highest BCUT2D eigenvalue weighted by molar-refractivity contribution is 5.85. The molecule has 1 aliphatic rings. The monoisotopic (exact) mass is 425 g/mol. The van der Waals surface area contributed by atoms with E-state index in [-0.39, 0.29) is 30.7 Å². The molecule has 1 aromatic carbocycles. The fourth-order valence-electron chi connectivity index (χ4n) is 3.44. The van der Waals surface area contributed by atoms with Gasteiger partial charge in [-0.25, -0.2) is 0 Å². The average Bonchev–Trinajstić information content (AvgIpc) is 2.99. The number of nitrogens with zero attached hydrogens (tertiary/aromatic N) is 5. The van der Waals surface area contributed by atoms with Gasteiger partial charge in [0.15, 0.2) is 0 Å². The van der Waals surface area contributed by atoms with Crippen LogP contribution in [0.5, 0.6) is 0 Å². The summed E-state index contributed by atoms with van der Waals surface area (Å²) in [7, 11) is 1.85. The standard InChI is InChI=1S/C18H23N5O5.ClH/c1-21(12-17(24)25)14-3-2-9-22(10-8-14)11-16-19-18(20-28-16)13-4-6-15(7-5-13)23(26)27;/h4-7,14H,2-3,8-12H2,1H3,(H,24,25);1H. The lowest BCUT2D eigenvalue weighted by molar-refractivity contribution is -0.384. The van der Waals surface area contributed by atoms with Crippen molar-refractivity contribution in [2.75, 3.05) is 26.7 Å². The van der Waals surface area contributed by atoms with E-state index in [4.69, 9.17) is 9.63 Å². The molecular weight excluding hydrogens is 402 g/mol. The largest absolute Gasteiger partial charge is 0.480 e. The van der Waals surface area contributed by atoms with Crippen LogP contribution in [0, 0.1) is 10.1 Å². The van der Waals surface area contributed by atoms with Gasteiger partial charge in [-0.15, -0.1) is 12.4 Å². The summed E-state index contributed by atoms with van der Waals surface area (Å²) in [4.78, 5) is 29.7. The van der Waals surface area contributed by atoms with E-state index in [1.807, 2.05) is 11.9 Å². The summed E-state index contributed by atoms with van der Waals surface area (Å²) in [6.07, 6.45) is 2.81. The molecule has 0 aliphatic carbocycles. The molecule has 0 saturated carbocycles. The van der Waals surface area contributed by atoms with Gasteiger partial charge < -0.3 is 9.63 Å². The molecule has 1 saturated heterocycles. The van der Waals surface area contributed by atoms with Crippen molar-refractivity contribution in [2.24, 2.45) is 0 Å². The molecule has 3 rings (SSSR count). The zero-order chi connectivity index (χ0) is 20.1. The molecule has 0 radical (unpaired) electrons. The predicted molar refractivity (Wildman–Crippen MR) is 107 cm³/mol. The van der Waals surface area contributed by atoms with Gasteiger partial charge in [0, 0.05) is 30.3 Å². The number of aliphatic carboxylic acids is 1. The van der Waals surface area contributed by atoms with Crippen LogP contribution < -0.4 is 0 Å². The number of likely N-dealkylation sites (tertiary alicyclic amines) is 1. The second-order valence-corrected chi connectivity index (χ2v) is 6.99. The van der Waals surface area contributed by atoms with Crippen LogP contribution in [0.2, 0.25) is 0 Å². The van der Waals surface area contributed by atoms with Crippen LogP contribution in [0.1, 0.15) is 25.2 Å². The summed E-state index contributed by atoms with van der Waals surface area (Å²) in [6.45, 7) is 2.28. The number of carboxylic acid groups (broad SMARTS) is 1. The third-order valence-corrected chi connectivity index (χ3v) is 4.96. The van der Waals surface area contributed by atoms with Crippen molar-refractivity contribution in [2.45, 2.75) is 31.8 Å². The van der Waals surface area contributed by atoms with E-state index >= 15 is 0 Å². The Morgan fingerprint density at radius 3 is 2.72 bits per heavy atom. The van der Waals surface area contributed by atoms with Gasteiger partial charge in [-0.1, -0.05) is 5.16 Å². The molecular formula is C18H24ClN5O5. The Bertz CT molecular complexity index is 828. The highest BCUT2D eigenvalue weighted by Gasteiger charge is 2.23. The summed E-state index contributed by atoms with van der Waals surface area (Å²) < 4.78 is 5.34. The summed E-state index contributed by atoms with van der Waals surface area (Å²) >= 11 is 0. The summed E-state index contributed by atoms with van der Waals surface area (Å²) in [5, 5.41) is 23.7. The molecule has 1 aromatic heterocycles. The third-order valence-electron chi connectivity index (χ3n) is 4.96. The van der Waals surface area contributed by atoms with E-state index in [0.29, 0.717) is 23.8 Å². The van der Waals surface area contributed by atoms with Crippen LogP contribution in [-0.2, 0) is 11.3 Å². The molecule has 1 N–H and O–H groups in total. The number of carboxylic acids is 1. The summed E-state index contributed by atoms with van der Waals surface area (Å²) in [6, 6.07) is 6.27. The first-order valence-corrected chi connectivity index (χ1v) is 9.14.